The monoisotopic (exact) mass is 288 g/mol. The Morgan fingerprint density at radius 3 is 3.10 bits per heavy atom. The van der Waals surface area contributed by atoms with Gasteiger partial charge in [0.25, 0.3) is 0 Å². The van der Waals surface area contributed by atoms with Gasteiger partial charge in [0.1, 0.15) is 0 Å². The number of nitrogens with one attached hydrogen (secondary N) is 2. The van der Waals surface area contributed by atoms with Crippen molar-refractivity contribution in [1.29, 1.82) is 0 Å². The van der Waals surface area contributed by atoms with Crippen molar-refractivity contribution >= 4 is 5.96 Å². The molecule has 0 amide bonds. The van der Waals surface area contributed by atoms with Gasteiger partial charge in [0.15, 0.2) is 5.96 Å². The van der Waals surface area contributed by atoms with Crippen molar-refractivity contribution in [2.45, 2.75) is 50.9 Å². The van der Waals surface area contributed by atoms with E-state index < -0.39 is 0 Å². The summed E-state index contributed by atoms with van der Waals surface area (Å²) in [4.78, 5) is 8.80. The van der Waals surface area contributed by atoms with Gasteiger partial charge in [-0.1, -0.05) is 6.07 Å². The van der Waals surface area contributed by atoms with Crippen LogP contribution in [0.5, 0.6) is 0 Å². The molecule has 1 aromatic rings. The molecular weight excluding hydrogens is 264 g/mol. The third-order valence-electron chi connectivity index (χ3n) is 4.17. The molecule has 114 valence electrons. The second-order valence-electron chi connectivity index (χ2n) is 5.73. The lowest BCUT2D eigenvalue weighted by Crippen LogP contribution is -2.47. The topological polar surface area (TPSA) is 58.5 Å². The maximum absolute atomic E-state index is 5.88. The Labute approximate surface area is 126 Å². The van der Waals surface area contributed by atoms with E-state index in [9.17, 15) is 0 Å². The standard InChI is InChI=1S/C16H24N4O/c1-2-18-16(19-9-7-12-4-3-8-17-11-12)20-14-10-13-5-6-15(14)21-13/h3-4,8,11,13-15H,2,5-7,9-10H2,1H3,(H2,18,19,20). The predicted molar refractivity (Wildman–Crippen MR) is 83.4 cm³/mol. The number of hydrogen-bond donors (Lipinski definition) is 2. The van der Waals surface area contributed by atoms with Crippen LogP contribution >= 0.6 is 0 Å². The summed E-state index contributed by atoms with van der Waals surface area (Å²) in [6.45, 7) is 3.73. The van der Waals surface area contributed by atoms with E-state index in [-0.39, 0.29) is 0 Å². The molecule has 2 saturated heterocycles. The minimum Gasteiger partial charge on any atom is -0.373 e. The number of pyridine rings is 1. The summed E-state index contributed by atoms with van der Waals surface area (Å²) in [6.07, 6.45) is 8.96. The quantitative estimate of drug-likeness (QED) is 0.637. The van der Waals surface area contributed by atoms with E-state index in [2.05, 4.69) is 33.6 Å². The number of ether oxygens (including phenoxy) is 1. The van der Waals surface area contributed by atoms with Crippen molar-refractivity contribution in [2.24, 2.45) is 4.99 Å². The Morgan fingerprint density at radius 2 is 2.43 bits per heavy atom. The average molecular weight is 288 g/mol. The predicted octanol–water partition coefficient (Wildman–Crippen LogP) is 1.50. The summed E-state index contributed by atoms with van der Waals surface area (Å²) in [5, 5.41) is 6.86. The summed E-state index contributed by atoms with van der Waals surface area (Å²) >= 11 is 0. The number of aromatic nitrogens is 1. The Hall–Kier alpha value is -1.62. The highest BCUT2D eigenvalue weighted by atomic mass is 16.5. The van der Waals surface area contributed by atoms with Crippen molar-refractivity contribution < 1.29 is 4.74 Å². The SMILES string of the molecule is CCNC(=NCCc1cccnc1)NC1CC2CCC1O2. The minimum atomic E-state index is 0.372. The zero-order valence-corrected chi connectivity index (χ0v) is 12.6. The fourth-order valence-corrected chi connectivity index (χ4v) is 3.13. The van der Waals surface area contributed by atoms with Crippen molar-refractivity contribution in [3.05, 3.63) is 30.1 Å². The van der Waals surface area contributed by atoms with E-state index in [0.717, 1.165) is 31.9 Å². The van der Waals surface area contributed by atoms with E-state index in [1.807, 2.05) is 12.3 Å². The first-order valence-corrected chi connectivity index (χ1v) is 7.94. The largest absolute Gasteiger partial charge is 0.373 e. The van der Waals surface area contributed by atoms with Gasteiger partial charge in [-0.05, 0) is 44.2 Å². The Balaban J connectivity index is 1.52. The van der Waals surface area contributed by atoms with Crippen LogP contribution in [0.15, 0.2) is 29.5 Å². The lowest BCUT2D eigenvalue weighted by atomic mass is 9.96. The van der Waals surface area contributed by atoms with Gasteiger partial charge in [0.05, 0.1) is 18.2 Å². The van der Waals surface area contributed by atoms with E-state index in [4.69, 9.17) is 4.74 Å². The highest BCUT2D eigenvalue weighted by Gasteiger charge is 2.41. The number of hydrogen-bond acceptors (Lipinski definition) is 3. The highest BCUT2D eigenvalue weighted by molar-refractivity contribution is 5.80. The van der Waals surface area contributed by atoms with Crippen molar-refractivity contribution in [3.8, 4) is 0 Å². The summed E-state index contributed by atoms with van der Waals surface area (Å²) in [5.74, 6) is 0.905. The molecule has 5 heteroatoms. The van der Waals surface area contributed by atoms with Crippen LogP contribution in [0.3, 0.4) is 0 Å². The molecule has 3 rings (SSSR count). The molecule has 3 atom stereocenters. The van der Waals surface area contributed by atoms with Gasteiger partial charge in [-0.15, -0.1) is 0 Å². The zero-order chi connectivity index (χ0) is 14.5. The molecular formula is C16H24N4O. The normalized spacial score (nSPS) is 27.9. The molecule has 21 heavy (non-hydrogen) atoms. The van der Waals surface area contributed by atoms with Crippen LogP contribution in [-0.2, 0) is 11.2 Å². The summed E-state index contributed by atoms with van der Waals surface area (Å²) < 4.78 is 5.88. The van der Waals surface area contributed by atoms with Crippen LogP contribution in [-0.4, -0.2) is 42.3 Å². The molecule has 1 aromatic heterocycles. The molecule has 3 heterocycles. The molecule has 2 aliphatic heterocycles. The first-order valence-electron chi connectivity index (χ1n) is 7.94. The van der Waals surface area contributed by atoms with Gasteiger partial charge in [-0.25, -0.2) is 0 Å². The number of fused-ring (bicyclic) bond motifs is 2. The minimum absolute atomic E-state index is 0.372. The molecule has 0 spiro atoms. The van der Waals surface area contributed by atoms with Crippen molar-refractivity contribution in [1.82, 2.24) is 15.6 Å². The Bertz CT molecular complexity index is 476. The molecule has 0 radical (unpaired) electrons. The summed E-state index contributed by atoms with van der Waals surface area (Å²) in [5.41, 5.74) is 1.22. The first kappa shape index (κ1) is 14.3. The van der Waals surface area contributed by atoms with Crippen LogP contribution < -0.4 is 10.6 Å². The molecule has 2 aliphatic rings. The molecule has 0 aliphatic carbocycles. The van der Waals surface area contributed by atoms with Crippen molar-refractivity contribution in [2.75, 3.05) is 13.1 Å². The smallest absolute Gasteiger partial charge is 0.191 e. The van der Waals surface area contributed by atoms with Gasteiger partial charge in [-0.2, -0.15) is 0 Å². The van der Waals surface area contributed by atoms with E-state index in [1.54, 1.807) is 6.20 Å². The van der Waals surface area contributed by atoms with Gasteiger partial charge in [0, 0.05) is 25.5 Å². The Morgan fingerprint density at radius 1 is 1.48 bits per heavy atom. The summed E-state index contributed by atoms with van der Waals surface area (Å²) in [7, 11) is 0. The molecule has 5 nitrogen and oxygen atoms in total. The van der Waals surface area contributed by atoms with Crippen molar-refractivity contribution in [3.63, 3.8) is 0 Å². The van der Waals surface area contributed by atoms with Gasteiger partial charge >= 0.3 is 0 Å². The molecule has 0 saturated carbocycles. The Kier molecular flexibility index (Phi) is 4.70. The second-order valence-corrected chi connectivity index (χ2v) is 5.73. The zero-order valence-electron chi connectivity index (χ0n) is 12.6. The first-order chi connectivity index (χ1) is 10.3. The number of guanidine groups is 1. The molecule has 0 aromatic carbocycles. The maximum Gasteiger partial charge on any atom is 0.191 e. The van der Waals surface area contributed by atoms with Gasteiger partial charge < -0.3 is 15.4 Å². The maximum atomic E-state index is 5.88. The van der Waals surface area contributed by atoms with Crippen LogP contribution in [0.4, 0.5) is 0 Å². The number of rotatable bonds is 5. The molecule has 2 bridgehead atoms. The van der Waals surface area contributed by atoms with Crippen LogP contribution in [0, 0.1) is 0 Å². The molecule has 3 unspecified atom stereocenters. The van der Waals surface area contributed by atoms with E-state index >= 15 is 0 Å². The molecule has 2 fully saturated rings. The van der Waals surface area contributed by atoms with Gasteiger partial charge in [0.2, 0.25) is 0 Å². The lowest BCUT2D eigenvalue weighted by Gasteiger charge is -2.22. The van der Waals surface area contributed by atoms with E-state index in [0.29, 0.717) is 18.2 Å². The lowest BCUT2D eigenvalue weighted by molar-refractivity contribution is 0.0992. The van der Waals surface area contributed by atoms with Gasteiger partial charge in [-0.3, -0.25) is 9.98 Å². The third kappa shape index (κ3) is 3.73. The average Bonchev–Trinajstić information content (AvgIpc) is 3.11. The third-order valence-corrected chi connectivity index (χ3v) is 4.17. The summed E-state index contributed by atoms with van der Waals surface area (Å²) in [6, 6.07) is 4.47. The highest BCUT2D eigenvalue weighted by Crippen LogP contribution is 2.34. The number of nitrogens with zero attached hydrogens (tertiary/aromatic N) is 2. The van der Waals surface area contributed by atoms with Crippen LogP contribution in [0.25, 0.3) is 0 Å². The van der Waals surface area contributed by atoms with E-state index in [1.165, 1.54) is 18.4 Å². The molecule has 2 N–H and O–H groups in total. The van der Waals surface area contributed by atoms with Crippen LogP contribution in [0.2, 0.25) is 0 Å². The fourth-order valence-electron chi connectivity index (χ4n) is 3.13. The fraction of sp³-hybridized carbons (Fsp3) is 0.625. The number of aliphatic imine (C=N–C) groups is 1. The second kappa shape index (κ2) is 6.89. The van der Waals surface area contributed by atoms with Crippen LogP contribution in [0.1, 0.15) is 31.7 Å².